The van der Waals surface area contributed by atoms with Crippen LogP contribution in [0.15, 0.2) is 23.3 Å². The van der Waals surface area contributed by atoms with Crippen molar-refractivity contribution in [1.82, 2.24) is 10.2 Å². The van der Waals surface area contributed by atoms with Crippen molar-refractivity contribution in [2.75, 3.05) is 26.2 Å². The number of halogens is 1. The quantitative estimate of drug-likeness (QED) is 0.337. The van der Waals surface area contributed by atoms with Gasteiger partial charge >= 0.3 is 0 Å². The third kappa shape index (κ3) is 10.7. The largest absolute Gasteiger partial charge is 0.412 e. The lowest BCUT2D eigenvalue weighted by atomic mass is 9.65. The molecule has 0 radical (unpaired) electrons. The fourth-order valence-corrected chi connectivity index (χ4v) is 8.40. The average molecular weight is 573 g/mol. The van der Waals surface area contributed by atoms with Crippen LogP contribution in [0.3, 0.4) is 0 Å². The first kappa shape index (κ1) is 38.6. The standard InChI is InChI=1S/C32H55ClN2.CH4.3H2O/c1-23(2)31(34-20-25-9-7-11-28(19-25)27-10-6-8-24(3)18-27)21-35-17-16-30(32(4,5)22-35)26-12-14-29(33)15-13-26;;;;/h7,11,14,23-28,30-31,34H,6,8-10,12-13,15-22H2,1-5H3;1H4;3*1H2/t24?,25?,26?,27?,28?,30-,31+;;;;/m1..../s1. The van der Waals surface area contributed by atoms with Crippen LogP contribution in [0.5, 0.6) is 0 Å². The highest BCUT2D eigenvalue weighted by molar-refractivity contribution is 6.29. The van der Waals surface area contributed by atoms with E-state index in [4.69, 9.17) is 11.6 Å². The lowest BCUT2D eigenvalue weighted by molar-refractivity contribution is 0.0115. The monoisotopic (exact) mass is 572 g/mol. The van der Waals surface area contributed by atoms with Crippen LogP contribution in [-0.2, 0) is 0 Å². The zero-order valence-electron chi connectivity index (χ0n) is 25.1. The van der Waals surface area contributed by atoms with E-state index in [1.807, 2.05) is 0 Å². The molecule has 1 saturated heterocycles. The molecule has 7 N–H and O–H groups in total. The molecule has 0 aromatic carbocycles. The van der Waals surface area contributed by atoms with Crippen molar-refractivity contribution in [3.63, 3.8) is 0 Å². The van der Waals surface area contributed by atoms with Crippen LogP contribution < -0.4 is 5.32 Å². The Hall–Kier alpha value is -0.430. The second-order valence-corrected chi connectivity index (χ2v) is 14.5. The van der Waals surface area contributed by atoms with Crippen molar-refractivity contribution in [3.05, 3.63) is 23.3 Å². The molecule has 1 heterocycles. The van der Waals surface area contributed by atoms with Gasteiger partial charge in [-0.1, -0.05) is 84.7 Å². The Morgan fingerprint density at radius 3 is 2.38 bits per heavy atom. The Bertz CT molecular complexity index is 740. The normalized spacial score (nSPS) is 33.5. The van der Waals surface area contributed by atoms with E-state index < -0.39 is 0 Å². The Morgan fingerprint density at radius 1 is 1.03 bits per heavy atom. The van der Waals surface area contributed by atoms with E-state index in [0.717, 1.165) is 47.0 Å². The van der Waals surface area contributed by atoms with Gasteiger partial charge in [-0.15, -0.1) is 0 Å². The van der Waals surface area contributed by atoms with Gasteiger partial charge in [0.05, 0.1) is 0 Å². The fraction of sp³-hybridized carbons (Fsp3) is 0.879. The first-order valence-corrected chi connectivity index (χ1v) is 15.6. The molecule has 5 unspecified atom stereocenters. The van der Waals surface area contributed by atoms with Gasteiger partial charge in [-0.25, -0.2) is 0 Å². The van der Waals surface area contributed by atoms with Crippen LogP contribution in [0.4, 0.5) is 0 Å². The summed E-state index contributed by atoms with van der Waals surface area (Å²) >= 11 is 6.28. The molecule has 1 saturated carbocycles. The summed E-state index contributed by atoms with van der Waals surface area (Å²) in [5.74, 6) is 5.86. The van der Waals surface area contributed by atoms with Gasteiger partial charge in [0.1, 0.15) is 0 Å². The van der Waals surface area contributed by atoms with Crippen LogP contribution in [0.25, 0.3) is 0 Å². The van der Waals surface area contributed by atoms with Crippen molar-refractivity contribution >= 4 is 11.6 Å². The van der Waals surface area contributed by atoms with Crippen molar-refractivity contribution in [1.29, 1.82) is 0 Å². The Balaban J connectivity index is 0.00000361. The van der Waals surface area contributed by atoms with Gasteiger partial charge in [0.15, 0.2) is 0 Å². The van der Waals surface area contributed by atoms with Gasteiger partial charge in [0.2, 0.25) is 0 Å². The third-order valence-electron chi connectivity index (χ3n) is 10.3. The first-order chi connectivity index (χ1) is 16.7. The lowest BCUT2D eigenvalue weighted by Gasteiger charge is -2.49. The molecule has 0 aromatic heterocycles. The molecule has 0 bridgehead atoms. The molecule has 4 aliphatic rings. The van der Waals surface area contributed by atoms with Gasteiger partial charge in [0.25, 0.3) is 0 Å². The number of hydrogen-bond donors (Lipinski definition) is 1. The van der Waals surface area contributed by atoms with Crippen molar-refractivity contribution in [2.24, 2.45) is 46.8 Å². The summed E-state index contributed by atoms with van der Waals surface area (Å²) in [7, 11) is 0. The van der Waals surface area contributed by atoms with Crippen molar-refractivity contribution in [2.45, 2.75) is 112 Å². The van der Waals surface area contributed by atoms with Crippen LogP contribution >= 0.6 is 11.6 Å². The Labute approximate surface area is 246 Å². The minimum absolute atomic E-state index is 0. The summed E-state index contributed by atoms with van der Waals surface area (Å²) in [6.07, 6.45) is 20.8. The summed E-state index contributed by atoms with van der Waals surface area (Å²) in [5, 5.41) is 5.17. The van der Waals surface area contributed by atoms with Crippen molar-refractivity contribution < 1.29 is 16.4 Å². The van der Waals surface area contributed by atoms with Gasteiger partial charge < -0.3 is 26.6 Å². The fourth-order valence-electron chi connectivity index (χ4n) is 8.20. The summed E-state index contributed by atoms with van der Waals surface area (Å²) in [4.78, 5) is 2.78. The molecule has 1 aliphatic heterocycles. The van der Waals surface area contributed by atoms with E-state index >= 15 is 0 Å². The minimum atomic E-state index is 0. The molecule has 232 valence electrons. The summed E-state index contributed by atoms with van der Waals surface area (Å²) in [6.45, 7) is 17.3. The lowest BCUT2D eigenvalue weighted by Crippen LogP contribution is -2.53. The highest BCUT2D eigenvalue weighted by Crippen LogP contribution is 2.45. The van der Waals surface area contributed by atoms with E-state index in [2.05, 4.69) is 63.1 Å². The van der Waals surface area contributed by atoms with Gasteiger partial charge in [0, 0.05) is 24.2 Å². The number of nitrogens with zero attached hydrogens (tertiary/aromatic N) is 1. The maximum atomic E-state index is 6.28. The van der Waals surface area contributed by atoms with E-state index in [-0.39, 0.29) is 23.9 Å². The molecular weight excluding hydrogens is 508 g/mol. The SMILES string of the molecule is C.CC1CCCC(C2C=CCC(CN[C@@H](CN3CC[C@H](C4CC=C(Cl)CC4)C(C)(C)C3)C(C)C)C2)C1.O.O.O. The first-order valence-electron chi connectivity index (χ1n) is 15.2. The zero-order valence-corrected chi connectivity index (χ0v) is 25.8. The molecule has 5 nitrogen and oxygen atoms in total. The van der Waals surface area contributed by atoms with Gasteiger partial charge in [-0.05, 0) is 111 Å². The van der Waals surface area contributed by atoms with E-state index in [9.17, 15) is 0 Å². The molecule has 0 amide bonds. The number of rotatable bonds is 8. The Kier molecular flexibility index (Phi) is 17.3. The second kappa shape index (κ2) is 17.5. The van der Waals surface area contributed by atoms with Crippen molar-refractivity contribution in [3.8, 4) is 0 Å². The van der Waals surface area contributed by atoms with Crippen LogP contribution in [0.1, 0.15) is 106 Å². The Morgan fingerprint density at radius 2 is 1.77 bits per heavy atom. The predicted molar refractivity (Wildman–Crippen MR) is 170 cm³/mol. The van der Waals surface area contributed by atoms with E-state index in [0.29, 0.717) is 17.4 Å². The molecule has 7 atom stereocenters. The van der Waals surface area contributed by atoms with Gasteiger partial charge in [-0.3, -0.25) is 0 Å². The molecule has 2 fully saturated rings. The van der Waals surface area contributed by atoms with E-state index in [1.165, 1.54) is 84.0 Å². The van der Waals surface area contributed by atoms with Gasteiger partial charge in [-0.2, -0.15) is 0 Å². The number of hydrogen-bond acceptors (Lipinski definition) is 2. The molecule has 0 spiro atoms. The minimum Gasteiger partial charge on any atom is -0.412 e. The predicted octanol–water partition coefficient (Wildman–Crippen LogP) is 6.44. The molecule has 3 aliphatic carbocycles. The maximum absolute atomic E-state index is 6.28. The van der Waals surface area contributed by atoms with E-state index in [1.54, 1.807) is 0 Å². The third-order valence-corrected chi connectivity index (χ3v) is 10.7. The summed E-state index contributed by atoms with van der Waals surface area (Å²) in [5.41, 5.74) is 0.390. The maximum Gasteiger partial charge on any atom is 0.0218 e. The van der Waals surface area contributed by atoms with Crippen LogP contribution in [-0.4, -0.2) is 53.5 Å². The summed E-state index contributed by atoms with van der Waals surface area (Å²) in [6, 6.07) is 0.595. The molecular formula is C33H65ClN2O3. The highest BCUT2D eigenvalue weighted by atomic mass is 35.5. The number of likely N-dealkylation sites (tertiary alicyclic amines) is 1. The highest BCUT2D eigenvalue weighted by Gasteiger charge is 2.41. The number of nitrogens with one attached hydrogen (secondary N) is 1. The zero-order chi connectivity index (χ0) is 25.0. The molecule has 6 heteroatoms. The smallest absolute Gasteiger partial charge is 0.0218 e. The molecule has 0 aromatic rings. The van der Waals surface area contributed by atoms with Crippen LogP contribution in [0, 0.1) is 46.8 Å². The second-order valence-electron chi connectivity index (χ2n) is 14.0. The van der Waals surface area contributed by atoms with Crippen LogP contribution in [0.2, 0.25) is 0 Å². The number of allylic oxidation sites excluding steroid dienone is 4. The summed E-state index contributed by atoms with van der Waals surface area (Å²) < 4.78 is 0. The average Bonchev–Trinajstić information content (AvgIpc) is 2.82. The topological polar surface area (TPSA) is 110 Å². The molecule has 39 heavy (non-hydrogen) atoms. The molecule has 4 rings (SSSR count). The number of piperidine rings is 1.